The van der Waals surface area contributed by atoms with Crippen molar-refractivity contribution in [1.29, 1.82) is 0 Å². The number of pyridine rings is 1. The van der Waals surface area contributed by atoms with Crippen molar-refractivity contribution in [2.45, 2.75) is 13.5 Å². The number of benzene rings is 1. The molecule has 0 bridgehead atoms. The Morgan fingerprint density at radius 2 is 2.13 bits per heavy atom. The zero-order chi connectivity index (χ0) is 16.5. The number of ether oxygens (including phenoxy) is 2. The van der Waals surface area contributed by atoms with E-state index in [-0.39, 0.29) is 19.1 Å². The van der Waals surface area contributed by atoms with Crippen LogP contribution in [0.25, 0.3) is 0 Å². The van der Waals surface area contributed by atoms with Gasteiger partial charge >= 0.3 is 0 Å². The van der Waals surface area contributed by atoms with Crippen LogP contribution in [0, 0.1) is 0 Å². The molecule has 0 saturated heterocycles. The monoisotopic (exact) mass is 316 g/mol. The van der Waals surface area contributed by atoms with Crippen LogP contribution in [0.2, 0.25) is 0 Å². The Morgan fingerprint density at radius 3 is 2.83 bits per heavy atom. The fraction of sp³-hybridized carbons (Fsp3) is 0.294. The van der Waals surface area contributed by atoms with Crippen LogP contribution in [0.1, 0.15) is 22.8 Å². The van der Waals surface area contributed by atoms with Crippen molar-refractivity contribution in [2.75, 3.05) is 19.8 Å². The van der Waals surface area contributed by atoms with Gasteiger partial charge in [-0.1, -0.05) is 6.07 Å². The summed E-state index contributed by atoms with van der Waals surface area (Å²) in [6.07, 6.45) is 3.44. The number of aliphatic hydroxyl groups is 1. The SMILES string of the molecule is CCOc1cc(C(=O)NCCO)ccc1OCc1cccnc1. The molecule has 0 fully saturated rings. The highest BCUT2D eigenvalue weighted by atomic mass is 16.5. The summed E-state index contributed by atoms with van der Waals surface area (Å²) < 4.78 is 11.3. The largest absolute Gasteiger partial charge is 0.490 e. The second kappa shape index (κ2) is 8.75. The van der Waals surface area contributed by atoms with E-state index in [0.717, 1.165) is 5.56 Å². The summed E-state index contributed by atoms with van der Waals surface area (Å²) in [4.78, 5) is 16.0. The molecule has 6 nitrogen and oxygen atoms in total. The molecule has 0 aliphatic rings. The van der Waals surface area contributed by atoms with Gasteiger partial charge in [0.2, 0.25) is 0 Å². The predicted octanol–water partition coefficient (Wildman–Crippen LogP) is 1.78. The van der Waals surface area contributed by atoms with Crippen LogP contribution >= 0.6 is 0 Å². The van der Waals surface area contributed by atoms with Gasteiger partial charge < -0.3 is 19.9 Å². The van der Waals surface area contributed by atoms with Crippen LogP contribution in [-0.4, -0.2) is 35.8 Å². The highest BCUT2D eigenvalue weighted by Crippen LogP contribution is 2.29. The fourth-order valence-corrected chi connectivity index (χ4v) is 1.95. The van der Waals surface area contributed by atoms with E-state index in [4.69, 9.17) is 14.6 Å². The summed E-state index contributed by atoms with van der Waals surface area (Å²) in [6, 6.07) is 8.76. The maximum Gasteiger partial charge on any atom is 0.251 e. The molecule has 0 aliphatic heterocycles. The molecule has 2 N–H and O–H groups in total. The van der Waals surface area contributed by atoms with Crippen LogP contribution in [0.3, 0.4) is 0 Å². The number of nitrogens with one attached hydrogen (secondary N) is 1. The summed E-state index contributed by atoms with van der Waals surface area (Å²) >= 11 is 0. The van der Waals surface area contributed by atoms with Crippen molar-refractivity contribution in [3.05, 3.63) is 53.9 Å². The highest BCUT2D eigenvalue weighted by molar-refractivity contribution is 5.94. The molecule has 0 aliphatic carbocycles. The smallest absolute Gasteiger partial charge is 0.251 e. The van der Waals surface area contributed by atoms with Gasteiger partial charge in [-0.05, 0) is 31.2 Å². The lowest BCUT2D eigenvalue weighted by atomic mass is 10.2. The molecule has 2 rings (SSSR count). The number of hydrogen-bond donors (Lipinski definition) is 2. The Balaban J connectivity index is 2.11. The average molecular weight is 316 g/mol. The van der Waals surface area contributed by atoms with Gasteiger partial charge in [-0.2, -0.15) is 0 Å². The third kappa shape index (κ3) is 4.96. The molecule has 0 radical (unpaired) electrons. The van der Waals surface area contributed by atoms with Gasteiger partial charge in [-0.25, -0.2) is 0 Å². The second-order valence-corrected chi connectivity index (χ2v) is 4.72. The van der Waals surface area contributed by atoms with E-state index in [1.807, 2.05) is 19.1 Å². The van der Waals surface area contributed by atoms with Gasteiger partial charge in [-0.15, -0.1) is 0 Å². The summed E-state index contributed by atoms with van der Waals surface area (Å²) in [6.45, 7) is 2.80. The van der Waals surface area contributed by atoms with Gasteiger partial charge in [-0.3, -0.25) is 9.78 Å². The molecule has 23 heavy (non-hydrogen) atoms. The van der Waals surface area contributed by atoms with Crippen LogP contribution in [0.5, 0.6) is 11.5 Å². The molecule has 0 atom stereocenters. The van der Waals surface area contributed by atoms with Crippen LogP contribution in [0.4, 0.5) is 0 Å². The summed E-state index contributed by atoms with van der Waals surface area (Å²) in [5.41, 5.74) is 1.40. The molecule has 1 amide bonds. The Hall–Kier alpha value is -2.60. The number of carbonyl (C=O) groups is 1. The topological polar surface area (TPSA) is 80.7 Å². The van der Waals surface area contributed by atoms with Crippen LogP contribution in [-0.2, 0) is 6.61 Å². The van der Waals surface area contributed by atoms with Gasteiger partial charge in [0.05, 0.1) is 13.2 Å². The van der Waals surface area contributed by atoms with Gasteiger partial charge in [0.1, 0.15) is 6.61 Å². The van der Waals surface area contributed by atoms with Crippen molar-refractivity contribution < 1.29 is 19.4 Å². The maximum atomic E-state index is 11.9. The zero-order valence-electron chi connectivity index (χ0n) is 13.0. The van der Waals surface area contributed by atoms with E-state index in [9.17, 15) is 4.79 Å². The Morgan fingerprint density at radius 1 is 1.26 bits per heavy atom. The van der Waals surface area contributed by atoms with Crippen LogP contribution in [0.15, 0.2) is 42.7 Å². The number of carbonyl (C=O) groups excluding carboxylic acids is 1. The molecular formula is C17H20N2O4. The minimum absolute atomic E-state index is 0.101. The number of aromatic nitrogens is 1. The standard InChI is InChI=1S/C17H20N2O4/c1-2-22-16-10-14(17(21)19-8-9-20)5-6-15(16)23-12-13-4-3-7-18-11-13/h3-7,10-11,20H,2,8-9,12H2,1H3,(H,19,21). The van der Waals surface area contributed by atoms with Gasteiger partial charge in [0.25, 0.3) is 5.91 Å². The second-order valence-electron chi connectivity index (χ2n) is 4.72. The molecule has 1 heterocycles. The summed E-state index contributed by atoms with van der Waals surface area (Å²) in [5, 5.41) is 11.4. The van der Waals surface area contributed by atoms with Gasteiger partial charge in [0, 0.05) is 30.1 Å². The number of amides is 1. The zero-order valence-corrected chi connectivity index (χ0v) is 13.0. The molecule has 0 saturated carbocycles. The van der Waals surface area contributed by atoms with E-state index in [1.54, 1.807) is 30.6 Å². The van der Waals surface area contributed by atoms with E-state index < -0.39 is 0 Å². The molecule has 1 aromatic carbocycles. The lowest BCUT2D eigenvalue weighted by molar-refractivity contribution is 0.0944. The first kappa shape index (κ1) is 16.8. The van der Waals surface area contributed by atoms with Crippen molar-refractivity contribution in [2.24, 2.45) is 0 Å². The number of hydrogen-bond acceptors (Lipinski definition) is 5. The predicted molar refractivity (Wildman–Crippen MR) is 85.6 cm³/mol. The summed E-state index contributed by atoms with van der Waals surface area (Å²) in [7, 11) is 0. The molecule has 0 spiro atoms. The molecular weight excluding hydrogens is 296 g/mol. The Kier molecular flexibility index (Phi) is 6.38. The summed E-state index contributed by atoms with van der Waals surface area (Å²) in [5.74, 6) is 0.807. The van der Waals surface area contributed by atoms with E-state index in [0.29, 0.717) is 30.3 Å². The third-order valence-corrected chi connectivity index (χ3v) is 3.02. The molecule has 0 unspecified atom stereocenters. The van der Waals surface area contributed by atoms with Crippen LogP contribution < -0.4 is 14.8 Å². The number of nitrogens with zero attached hydrogens (tertiary/aromatic N) is 1. The van der Waals surface area contributed by atoms with Crippen molar-refractivity contribution in [3.63, 3.8) is 0 Å². The quantitative estimate of drug-likeness (QED) is 0.776. The lowest BCUT2D eigenvalue weighted by Gasteiger charge is -2.13. The first-order chi connectivity index (χ1) is 11.2. The first-order valence-corrected chi connectivity index (χ1v) is 7.42. The molecule has 122 valence electrons. The van der Waals surface area contributed by atoms with E-state index in [1.165, 1.54) is 0 Å². The first-order valence-electron chi connectivity index (χ1n) is 7.42. The Bertz CT molecular complexity index is 632. The number of rotatable bonds is 8. The third-order valence-electron chi connectivity index (χ3n) is 3.02. The normalized spacial score (nSPS) is 10.2. The number of aliphatic hydroxyl groups excluding tert-OH is 1. The van der Waals surface area contributed by atoms with E-state index in [2.05, 4.69) is 10.3 Å². The highest BCUT2D eigenvalue weighted by Gasteiger charge is 2.11. The average Bonchev–Trinajstić information content (AvgIpc) is 2.59. The fourth-order valence-electron chi connectivity index (χ4n) is 1.95. The Labute approximate surface area is 135 Å². The maximum absolute atomic E-state index is 11.9. The van der Waals surface area contributed by atoms with E-state index >= 15 is 0 Å². The molecule has 1 aromatic heterocycles. The van der Waals surface area contributed by atoms with Crippen molar-refractivity contribution in [1.82, 2.24) is 10.3 Å². The molecule has 6 heteroatoms. The van der Waals surface area contributed by atoms with Crippen molar-refractivity contribution in [3.8, 4) is 11.5 Å². The van der Waals surface area contributed by atoms with Crippen molar-refractivity contribution >= 4 is 5.91 Å². The minimum Gasteiger partial charge on any atom is -0.490 e. The minimum atomic E-state index is -0.265. The van der Waals surface area contributed by atoms with Gasteiger partial charge in [0.15, 0.2) is 11.5 Å². The molecule has 2 aromatic rings. The lowest BCUT2D eigenvalue weighted by Crippen LogP contribution is -2.26.